The number of rotatable bonds is 3. The second kappa shape index (κ2) is 3.42. The van der Waals surface area contributed by atoms with Crippen LogP contribution in [0.5, 0.6) is 0 Å². The van der Waals surface area contributed by atoms with E-state index in [2.05, 4.69) is 10.3 Å². The summed E-state index contributed by atoms with van der Waals surface area (Å²) >= 11 is 0. The molecule has 1 aliphatic rings. The number of hydrogen-bond acceptors (Lipinski definition) is 2. The third kappa shape index (κ3) is 1.86. The molecule has 15 heavy (non-hydrogen) atoms. The molecule has 1 amide bonds. The molecular formula is C10H12N2O3. The maximum absolute atomic E-state index is 11.4. The molecule has 1 fully saturated rings. The zero-order valence-electron chi connectivity index (χ0n) is 8.33. The Morgan fingerprint density at radius 2 is 2.20 bits per heavy atom. The highest BCUT2D eigenvalue weighted by Gasteiger charge is 2.30. The van der Waals surface area contributed by atoms with Crippen molar-refractivity contribution in [3.05, 3.63) is 17.5 Å². The van der Waals surface area contributed by atoms with E-state index in [9.17, 15) is 9.59 Å². The maximum Gasteiger partial charge on any atom is 0.339 e. The predicted octanol–water partition coefficient (Wildman–Crippen LogP) is 1.37. The molecule has 0 saturated heterocycles. The van der Waals surface area contributed by atoms with Crippen molar-refractivity contribution in [2.75, 3.05) is 5.32 Å². The monoisotopic (exact) mass is 208 g/mol. The smallest absolute Gasteiger partial charge is 0.339 e. The number of carbonyl (C=O) groups excluding carboxylic acids is 1. The van der Waals surface area contributed by atoms with Crippen molar-refractivity contribution in [2.24, 2.45) is 5.92 Å². The van der Waals surface area contributed by atoms with E-state index < -0.39 is 5.97 Å². The van der Waals surface area contributed by atoms with Crippen molar-refractivity contribution >= 4 is 17.6 Å². The van der Waals surface area contributed by atoms with Gasteiger partial charge >= 0.3 is 5.97 Å². The van der Waals surface area contributed by atoms with Crippen molar-refractivity contribution in [3.63, 3.8) is 0 Å². The number of nitrogens with one attached hydrogen (secondary N) is 2. The summed E-state index contributed by atoms with van der Waals surface area (Å²) in [6, 6.07) is 0. The van der Waals surface area contributed by atoms with Crippen LogP contribution in [-0.4, -0.2) is 22.0 Å². The van der Waals surface area contributed by atoms with Crippen LogP contribution in [0.1, 0.15) is 28.9 Å². The molecule has 2 rings (SSSR count). The van der Waals surface area contributed by atoms with Crippen LogP contribution in [0.15, 0.2) is 6.20 Å². The Morgan fingerprint density at radius 1 is 1.53 bits per heavy atom. The number of anilines is 1. The molecule has 0 atom stereocenters. The molecule has 0 unspecified atom stereocenters. The first-order chi connectivity index (χ1) is 7.09. The Balaban J connectivity index is 2.20. The Bertz CT molecular complexity index is 418. The predicted molar refractivity (Wildman–Crippen MR) is 53.8 cm³/mol. The Hall–Kier alpha value is -1.78. The highest BCUT2D eigenvalue weighted by molar-refractivity contribution is 6.02. The molecule has 1 heterocycles. The van der Waals surface area contributed by atoms with E-state index in [1.165, 1.54) is 6.20 Å². The van der Waals surface area contributed by atoms with Crippen molar-refractivity contribution in [3.8, 4) is 0 Å². The summed E-state index contributed by atoms with van der Waals surface area (Å²) in [5.74, 6) is -1.04. The number of carboxylic acids is 1. The fourth-order valence-corrected chi connectivity index (χ4v) is 1.48. The van der Waals surface area contributed by atoms with Gasteiger partial charge in [0, 0.05) is 17.8 Å². The van der Waals surface area contributed by atoms with E-state index in [0.717, 1.165) is 12.8 Å². The number of aryl methyl sites for hydroxylation is 1. The van der Waals surface area contributed by atoms with E-state index in [0.29, 0.717) is 11.4 Å². The molecule has 1 aromatic rings. The van der Waals surface area contributed by atoms with Gasteiger partial charge in [-0.25, -0.2) is 4.79 Å². The average Bonchev–Trinajstić information content (AvgIpc) is 2.92. The lowest BCUT2D eigenvalue weighted by atomic mass is 10.2. The summed E-state index contributed by atoms with van der Waals surface area (Å²) in [5, 5.41) is 11.6. The second-order valence-corrected chi connectivity index (χ2v) is 3.77. The molecule has 5 nitrogen and oxygen atoms in total. The van der Waals surface area contributed by atoms with Gasteiger partial charge in [0.05, 0.1) is 5.69 Å². The number of carboxylic acid groups (broad SMARTS) is 1. The number of aromatic amines is 1. The minimum atomic E-state index is -1.03. The maximum atomic E-state index is 11.4. The molecule has 5 heteroatoms. The van der Waals surface area contributed by atoms with Gasteiger partial charge in [0.25, 0.3) is 0 Å². The molecule has 80 valence electrons. The summed E-state index contributed by atoms with van der Waals surface area (Å²) in [6.07, 6.45) is 3.31. The van der Waals surface area contributed by atoms with E-state index in [-0.39, 0.29) is 17.4 Å². The number of aromatic nitrogens is 1. The van der Waals surface area contributed by atoms with E-state index in [4.69, 9.17) is 5.11 Å². The minimum Gasteiger partial charge on any atom is -0.478 e. The molecule has 0 aromatic carbocycles. The van der Waals surface area contributed by atoms with Gasteiger partial charge in [0.1, 0.15) is 5.56 Å². The van der Waals surface area contributed by atoms with Crippen molar-refractivity contribution < 1.29 is 14.7 Å². The zero-order valence-corrected chi connectivity index (χ0v) is 8.33. The molecule has 0 radical (unpaired) electrons. The highest BCUT2D eigenvalue weighted by Crippen LogP contribution is 2.31. The molecule has 0 aliphatic heterocycles. The van der Waals surface area contributed by atoms with Gasteiger partial charge in [-0.15, -0.1) is 0 Å². The first-order valence-electron chi connectivity index (χ1n) is 4.81. The molecule has 1 saturated carbocycles. The Morgan fingerprint density at radius 3 is 2.73 bits per heavy atom. The highest BCUT2D eigenvalue weighted by atomic mass is 16.4. The second-order valence-electron chi connectivity index (χ2n) is 3.77. The van der Waals surface area contributed by atoms with E-state index >= 15 is 0 Å². The van der Waals surface area contributed by atoms with Crippen LogP contribution in [-0.2, 0) is 4.79 Å². The normalized spacial score (nSPS) is 15.0. The van der Waals surface area contributed by atoms with Gasteiger partial charge in [-0.2, -0.15) is 0 Å². The quantitative estimate of drug-likeness (QED) is 0.701. The first kappa shape index (κ1) is 9.76. The van der Waals surface area contributed by atoms with Crippen LogP contribution in [0.3, 0.4) is 0 Å². The minimum absolute atomic E-state index is 0.0712. The summed E-state index contributed by atoms with van der Waals surface area (Å²) < 4.78 is 0. The molecule has 0 bridgehead atoms. The van der Waals surface area contributed by atoms with Gasteiger partial charge in [-0.05, 0) is 19.8 Å². The SMILES string of the molecule is Cc1[nH]cc(NC(=O)C2CC2)c1C(=O)O. The largest absolute Gasteiger partial charge is 0.478 e. The number of carbonyl (C=O) groups is 2. The summed E-state index contributed by atoms with van der Waals surface area (Å²) in [6.45, 7) is 1.66. The lowest BCUT2D eigenvalue weighted by Crippen LogP contribution is -2.15. The van der Waals surface area contributed by atoms with Gasteiger partial charge in [0.2, 0.25) is 5.91 Å². The lowest BCUT2D eigenvalue weighted by Gasteiger charge is -2.02. The van der Waals surface area contributed by atoms with Crippen molar-refractivity contribution in [1.82, 2.24) is 4.98 Å². The van der Waals surface area contributed by atoms with Gasteiger partial charge in [-0.3, -0.25) is 4.79 Å². The van der Waals surface area contributed by atoms with Crippen molar-refractivity contribution in [2.45, 2.75) is 19.8 Å². The van der Waals surface area contributed by atoms with E-state index in [1.54, 1.807) is 6.92 Å². The van der Waals surface area contributed by atoms with Gasteiger partial charge in [-0.1, -0.05) is 0 Å². The van der Waals surface area contributed by atoms with Crippen LogP contribution >= 0.6 is 0 Å². The average molecular weight is 208 g/mol. The van der Waals surface area contributed by atoms with Crippen LogP contribution in [0.2, 0.25) is 0 Å². The summed E-state index contributed by atoms with van der Waals surface area (Å²) in [5.41, 5.74) is 1.05. The van der Waals surface area contributed by atoms with Crippen molar-refractivity contribution in [1.29, 1.82) is 0 Å². The van der Waals surface area contributed by atoms with E-state index in [1.807, 2.05) is 0 Å². The van der Waals surface area contributed by atoms with Gasteiger partial charge < -0.3 is 15.4 Å². The topological polar surface area (TPSA) is 82.2 Å². The van der Waals surface area contributed by atoms with Crippen LogP contribution < -0.4 is 5.32 Å². The van der Waals surface area contributed by atoms with Crippen LogP contribution in [0.25, 0.3) is 0 Å². The molecule has 1 aromatic heterocycles. The third-order valence-electron chi connectivity index (χ3n) is 2.50. The molecular weight excluding hydrogens is 196 g/mol. The molecule has 1 aliphatic carbocycles. The van der Waals surface area contributed by atoms with Gasteiger partial charge in [0.15, 0.2) is 0 Å². The number of H-pyrrole nitrogens is 1. The summed E-state index contributed by atoms with van der Waals surface area (Å²) in [4.78, 5) is 25.1. The number of amides is 1. The van der Waals surface area contributed by atoms with Crippen LogP contribution in [0, 0.1) is 12.8 Å². The fraction of sp³-hybridized carbons (Fsp3) is 0.400. The fourth-order valence-electron chi connectivity index (χ4n) is 1.48. The molecule has 0 spiro atoms. The number of aromatic carboxylic acids is 1. The first-order valence-corrected chi connectivity index (χ1v) is 4.81. The lowest BCUT2D eigenvalue weighted by molar-refractivity contribution is -0.117. The van der Waals surface area contributed by atoms with Crippen LogP contribution in [0.4, 0.5) is 5.69 Å². The zero-order chi connectivity index (χ0) is 11.0. The molecule has 3 N–H and O–H groups in total. The Labute approximate surface area is 86.5 Å². The Kier molecular flexibility index (Phi) is 2.22. The standard InChI is InChI=1S/C10H12N2O3/c1-5-8(10(14)15)7(4-11-5)12-9(13)6-2-3-6/h4,6,11H,2-3H2,1H3,(H,12,13)(H,14,15). The summed E-state index contributed by atoms with van der Waals surface area (Å²) in [7, 11) is 0. The number of hydrogen-bond donors (Lipinski definition) is 3. The third-order valence-corrected chi connectivity index (χ3v) is 2.50.